The second-order valence-electron chi connectivity index (χ2n) is 4.12. The summed E-state index contributed by atoms with van der Waals surface area (Å²) in [6.07, 6.45) is 1.69. The zero-order valence-corrected chi connectivity index (χ0v) is 10.4. The van der Waals surface area contributed by atoms with E-state index in [1.165, 1.54) is 0 Å². The third-order valence-electron chi connectivity index (χ3n) is 2.88. The van der Waals surface area contributed by atoms with Gasteiger partial charge in [0.1, 0.15) is 11.9 Å². The van der Waals surface area contributed by atoms with Crippen LogP contribution in [0.5, 0.6) is 0 Å². The molecule has 0 radical (unpaired) electrons. The fraction of sp³-hybridized carbons (Fsp3) is 0.500. The van der Waals surface area contributed by atoms with Crippen LogP contribution in [-0.4, -0.2) is 43.2 Å². The van der Waals surface area contributed by atoms with Crippen molar-refractivity contribution in [2.75, 3.05) is 36.9 Å². The lowest BCUT2D eigenvalue weighted by molar-refractivity contribution is -0.124. The minimum atomic E-state index is -0.302. The molecular weight excluding hydrogens is 232 g/mol. The highest BCUT2D eigenvalue weighted by Crippen LogP contribution is 2.19. The van der Waals surface area contributed by atoms with E-state index in [2.05, 4.69) is 10.3 Å². The fourth-order valence-corrected chi connectivity index (χ4v) is 1.99. The third-order valence-corrected chi connectivity index (χ3v) is 2.88. The number of nitrogens with one attached hydrogen (secondary N) is 1. The van der Waals surface area contributed by atoms with Crippen molar-refractivity contribution in [2.45, 2.75) is 13.0 Å². The van der Waals surface area contributed by atoms with Gasteiger partial charge in [-0.15, -0.1) is 0 Å². The predicted octanol–water partition coefficient (Wildman–Crippen LogP) is 0.00510. The van der Waals surface area contributed by atoms with Crippen LogP contribution in [0.1, 0.15) is 6.92 Å². The second kappa shape index (κ2) is 5.68. The molecule has 1 fully saturated rings. The molecule has 98 valence electrons. The molecule has 0 saturated carbocycles. The number of anilines is 2. The molecule has 0 aliphatic carbocycles. The van der Waals surface area contributed by atoms with Crippen LogP contribution >= 0.6 is 0 Å². The van der Waals surface area contributed by atoms with E-state index in [9.17, 15) is 4.79 Å². The molecule has 1 unspecified atom stereocenters. The van der Waals surface area contributed by atoms with Crippen LogP contribution in [0, 0.1) is 0 Å². The van der Waals surface area contributed by atoms with Crippen molar-refractivity contribution in [3.8, 4) is 0 Å². The lowest BCUT2D eigenvalue weighted by Gasteiger charge is -2.36. The number of hydrogen-bond acceptors (Lipinski definition) is 5. The molecule has 2 heterocycles. The molecule has 1 aromatic heterocycles. The molecule has 18 heavy (non-hydrogen) atoms. The number of nitrogens with two attached hydrogens (primary N) is 1. The molecule has 0 aromatic carbocycles. The first-order valence-electron chi connectivity index (χ1n) is 6.06. The van der Waals surface area contributed by atoms with Crippen molar-refractivity contribution in [3.05, 3.63) is 18.3 Å². The van der Waals surface area contributed by atoms with Crippen molar-refractivity contribution < 1.29 is 9.53 Å². The summed E-state index contributed by atoms with van der Waals surface area (Å²) in [5, 5.41) is 2.82. The highest BCUT2D eigenvalue weighted by Gasteiger charge is 2.29. The summed E-state index contributed by atoms with van der Waals surface area (Å²) in [6, 6.07) is 3.31. The van der Waals surface area contributed by atoms with Gasteiger partial charge in [-0.2, -0.15) is 0 Å². The number of hydrogen-bond donors (Lipinski definition) is 2. The summed E-state index contributed by atoms with van der Waals surface area (Å²) < 4.78 is 5.38. The Labute approximate surface area is 106 Å². The van der Waals surface area contributed by atoms with Gasteiger partial charge in [0, 0.05) is 13.1 Å². The molecule has 6 heteroatoms. The molecule has 6 nitrogen and oxygen atoms in total. The molecule has 1 aromatic rings. The Kier molecular flexibility index (Phi) is 3.99. The standard InChI is InChI=1S/C12H18N4O2/c1-2-14-12(17)10-8-18-6-5-16(10)9-3-4-11(13)15-7-9/h3-4,7,10H,2,5-6,8H2,1H3,(H2,13,15)(H,14,17). The summed E-state index contributed by atoms with van der Waals surface area (Å²) in [7, 11) is 0. The maximum absolute atomic E-state index is 12.0. The molecule has 1 aliphatic heterocycles. The normalized spacial score (nSPS) is 19.6. The monoisotopic (exact) mass is 250 g/mol. The highest BCUT2D eigenvalue weighted by molar-refractivity contribution is 5.85. The number of carbonyl (C=O) groups excluding carboxylic acids is 1. The summed E-state index contributed by atoms with van der Waals surface area (Å²) in [5.74, 6) is 0.454. The van der Waals surface area contributed by atoms with Gasteiger partial charge in [0.2, 0.25) is 5.91 Å². The summed E-state index contributed by atoms with van der Waals surface area (Å²) in [4.78, 5) is 18.0. The van der Waals surface area contributed by atoms with E-state index in [0.29, 0.717) is 32.1 Å². The SMILES string of the molecule is CCNC(=O)C1COCCN1c1ccc(N)nc1. The molecule has 1 atom stereocenters. The lowest BCUT2D eigenvalue weighted by atomic mass is 10.2. The number of ether oxygens (including phenoxy) is 1. The van der Waals surface area contributed by atoms with Crippen LogP contribution in [0.15, 0.2) is 18.3 Å². The zero-order chi connectivity index (χ0) is 13.0. The van der Waals surface area contributed by atoms with Crippen molar-refractivity contribution in [2.24, 2.45) is 0 Å². The smallest absolute Gasteiger partial charge is 0.245 e. The molecule has 0 spiro atoms. The third kappa shape index (κ3) is 2.70. The number of nitrogen functional groups attached to an aromatic ring is 1. The van der Waals surface area contributed by atoms with Gasteiger partial charge >= 0.3 is 0 Å². The number of carbonyl (C=O) groups is 1. The maximum atomic E-state index is 12.0. The first-order chi connectivity index (χ1) is 8.72. The van der Waals surface area contributed by atoms with Gasteiger partial charge in [-0.1, -0.05) is 0 Å². The van der Waals surface area contributed by atoms with Crippen LogP contribution in [0.4, 0.5) is 11.5 Å². The van der Waals surface area contributed by atoms with Crippen molar-refractivity contribution in [1.82, 2.24) is 10.3 Å². The first-order valence-corrected chi connectivity index (χ1v) is 6.06. The Morgan fingerprint density at radius 1 is 1.67 bits per heavy atom. The summed E-state index contributed by atoms with van der Waals surface area (Å²) in [6.45, 7) is 4.20. The Hall–Kier alpha value is -1.82. The van der Waals surface area contributed by atoms with Gasteiger partial charge in [0.15, 0.2) is 0 Å². The highest BCUT2D eigenvalue weighted by atomic mass is 16.5. The van der Waals surface area contributed by atoms with E-state index >= 15 is 0 Å². The Morgan fingerprint density at radius 3 is 3.17 bits per heavy atom. The number of nitrogens with zero attached hydrogens (tertiary/aromatic N) is 2. The van der Waals surface area contributed by atoms with Gasteiger partial charge in [-0.05, 0) is 19.1 Å². The number of likely N-dealkylation sites (N-methyl/N-ethyl adjacent to an activating group) is 1. The Morgan fingerprint density at radius 2 is 2.50 bits per heavy atom. The van der Waals surface area contributed by atoms with E-state index in [1.54, 1.807) is 12.3 Å². The van der Waals surface area contributed by atoms with Crippen molar-refractivity contribution in [3.63, 3.8) is 0 Å². The Balaban J connectivity index is 2.17. The average Bonchev–Trinajstić information content (AvgIpc) is 2.40. The average molecular weight is 250 g/mol. The number of aromatic nitrogens is 1. The molecule has 1 amide bonds. The van der Waals surface area contributed by atoms with Crippen LogP contribution in [0.25, 0.3) is 0 Å². The first kappa shape index (κ1) is 12.6. The van der Waals surface area contributed by atoms with Gasteiger partial charge in [0.05, 0.1) is 25.1 Å². The molecule has 0 bridgehead atoms. The fourth-order valence-electron chi connectivity index (χ4n) is 1.99. The van der Waals surface area contributed by atoms with E-state index in [4.69, 9.17) is 10.5 Å². The van der Waals surface area contributed by atoms with Gasteiger partial charge in [-0.3, -0.25) is 4.79 Å². The molecule has 2 rings (SSSR count). The maximum Gasteiger partial charge on any atom is 0.245 e. The van der Waals surface area contributed by atoms with Gasteiger partial charge < -0.3 is 20.7 Å². The number of rotatable bonds is 3. The van der Waals surface area contributed by atoms with Crippen LogP contribution < -0.4 is 16.0 Å². The second-order valence-corrected chi connectivity index (χ2v) is 4.12. The zero-order valence-electron chi connectivity index (χ0n) is 10.4. The molecule has 3 N–H and O–H groups in total. The van der Waals surface area contributed by atoms with Crippen molar-refractivity contribution >= 4 is 17.4 Å². The number of pyridine rings is 1. The minimum absolute atomic E-state index is 0.0194. The summed E-state index contributed by atoms with van der Waals surface area (Å²) >= 11 is 0. The van der Waals surface area contributed by atoms with Crippen molar-refractivity contribution in [1.29, 1.82) is 0 Å². The summed E-state index contributed by atoms with van der Waals surface area (Å²) in [5.41, 5.74) is 6.46. The number of amides is 1. The topological polar surface area (TPSA) is 80.5 Å². The van der Waals surface area contributed by atoms with E-state index < -0.39 is 0 Å². The van der Waals surface area contributed by atoms with Gasteiger partial charge in [0.25, 0.3) is 0 Å². The van der Waals surface area contributed by atoms with Crippen LogP contribution in [-0.2, 0) is 9.53 Å². The van der Waals surface area contributed by atoms with E-state index in [1.807, 2.05) is 17.9 Å². The Bertz CT molecular complexity index is 407. The van der Waals surface area contributed by atoms with Crippen LogP contribution in [0.3, 0.4) is 0 Å². The molecular formula is C12H18N4O2. The van der Waals surface area contributed by atoms with Gasteiger partial charge in [-0.25, -0.2) is 4.98 Å². The van der Waals surface area contributed by atoms with E-state index in [-0.39, 0.29) is 11.9 Å². The van der Waals surface area contributed by atoms with Crippen LogP contribution in [0.2, 0.25) is 0 Å². The molecule has 1 saturated heterocycles. The number of morpholine rings is 1. The van der Waals surface area contributed by atoms with E-state index in [0.717, 1.165) is 5.69 Å². The minimum Gasteiger partial charge on any atom is -0.384 e. The largest absolute Gasteiger partial charge is 0.384 e. The molecule has 1 aliphatic rings. The predicted molar refractivity (Wildman–Crippen MR) is 69.3 cm³/mol. The quantitative estimate of drug-likeness (QED) is 0.789. The lowest BCUT2D eigenvalue weighted by Crippen LogP contribution is -2.54.